The van der Waals surface area contributed by atoms with E-state index in [1.54, 1.807) is 6.33 Å². The smallest absolute Gasteiger partial charge is 0.135 e. The van der Waals surface area contributed by atoms with E-state index in [9.17, 15) is 0 Å². The summed E-state index contributed by atoms with van der Waals surface area (Å²) in [7, 11) is 0. The minimum Gasteiger partial charge on any atom is -0.370 e. The van der Waals surface area contributed by atoms with Gasteiger partial charge in [-0.05, 0) is 45.4 Å². The monoisotopic (exact) mass is 276 g/mol. The minimum atomic E-state index is 0.124. The van der Waals surface area contributed by atoms with Crippen molar-refractivity contribution in [2.45, 2.75) is 65.3 Å². The van der Waals surface area contributed by atoms with E-state index in [-0.39, 0.29) is 5.54 Å². The summed E-state index contributed by atoms with van der Waals surface area (Å²) >= 11 is 0. The van der Waals surface area contributed by atoms with E-state index in [4.69, 9.17) is 0 Å². The lowest BCUT2D eigenvalue weighted by atomic mass is 9.98. The van der Waals surface area contributed by atoms with Crippen LogP contribution in [0.15, 0.2) is 6.33 Å². The van der Waals surface area contributed by atoms with Gasteiger partial charge in [0.1, 0.15) is 18.0 Å². The van der Waals surface area contributed by atoms with Crippen molar-refractivity contribution in [2.24, 2.45) is 5.92 Å². The number of hydrogen-bond acceptors (Lipinski definition) is 4. The van der Waals surface area contributed by atoms with Crippen LogP contribution in [-0.4, -0.2) is 22.1 Å². The third kappa shape index (κ3) is 3.62. The molecule has 0 unspecified atom stereocenters. The van der Waals surface area contributed by atoms with E-state index in [1.165, 1.54) is 18.4 Å². The zero-order chi connectivity index (χ0) is 14.6. The average Bonchev–Trinajstić information content (AvgIpc) is 3.23. The van der Waals surface area contributed by atoms with Gasteiger partial charge in [0.2, 0.25) is 0 Å². The molecule has 0 aliphatic heterocycles. The third-order valence-corrected chi connectivity index (χ3v) is 4.03. The predicted octanol–water partition coefficient (Wildman–Crippen LogP) is 3.85. The quantitative estimate of drug-likeness (QED) is 0.757. The first-order valence-electron chi connectivity index (χ1n) is 7.94. The number of nitrogens with one attached hydrogen (secondary N) is 2. The molecule has 20 heavy (non-hydrogen) atoms. The first-order chi connectivity index (χ1) is 9.58. The molecule has 1 heterocycles. The zero-order valence-electron chi connectivity index (χ0n) is 13.3. The molecule has 0 radical (unpaired) electrons. The van der Waals surface area contributed by atoms with Crippen LogP contribution in [0.25, 0.3) is 0 Å². The Morgan fingerprint density at radius 2 is 1.85 bits per heavy atom. The van der Waals surface area contributed by atoms with E-state index in [0.29, 0.717) is 0 Å². The predicted molar refractivity (Wildman–Crippen MR) is 85.2 cm³/mol. The minimum absolute atomic E-state index is 0.124. The molecule has 0 bridgehead atoms. The summed E-state index contributed by atoms with van der Waals surface area (Å²) in [4.78, 5) is 8.92. The number of hydrogen-bond donors (Lipinski definition) is 2. The van der Waals surface area contributed by atoms with Crippen molar-refractivity contribution in [3.63, 3.8) is 0 Å². The fourth-order valence-corrected chi connectivity index (χ4v) is 2.61. The molecular formula is C16H28N4. The molecule has 2 rings (SSSR count). The average molecular weight is 276 g/mol. The molecule has 0 aromatic carbocycles. The number of anilines is 2. The Kier molecular flexibility index (Phi) is 4.84. The highest BCUT2D eigenvalue weighted by atomic mass is 15.1. The summed E-state index contributed by atoms with van der Waals surface area (Å²) in [6, 6.07) is 0. The van der Waals surface area contributed by atoms with Crippen molar-refractivity contribution in [1.29, 1.82) is 0 Å². The highest BCUT2D eigenvalue weighted by Crippen LogP contribution is 2.41. The maximum absolute atomic E-state index is 4.50. The van der Waals surface area contributed by atoms with Crippen LogP contribution in [0.2, 0.25) is 0 Å². The molecule has 1 fully saturated rings. The van der Waals surface area contributed by atoms with Gasteiger partial charge in [0.05, 0.1) is 0 Å². The molecule has 1 saturated carbocycles. The fourth-order valence-electron chi connectivity index (χ4n) is 2.61. The summed E-state index contributed by atoms with van der Waals surface area (Å²) in [6.07, 6.45) is 7.54. The van der Waals surface area contributed by atoms with Gasteiger partial charge >= 0.3 is 0 Å². The van der Waals surface area contributed by atoms with Crippen LogP contribution in [0.3, 0.4) is 0 Å². The molecule has 1 aromatic heterocycles. The van der Waals surface area contributed by atoms with E-state index < -0.39 is 0 Å². The van der Waals surface area contributed by atoms with Gasteiger partial charge in [0, 0.05) is 17.6 Å². The summed E-state index contributed by atoms with van der Waals surface area (Å²) in [5.74, 6) is 2.79. The van der Waals surface area contributed by atoms with Crippen molar-refractivity contribution < 1.29 is 0 Å². The van der Waals surface area contributed by atoms with Crippen molar-refractivity contribution in [1.82, 2.24) is 9.97 Å². The first kappa shape index (κ1) is 15.1. The van der Waals surface area contributed by atoms with Gasteiger partial charge < -0.3 is 10.6 Å². The van der Waals surface area contributed by atoms with Gasteiger partial charge in [-0.15, -0.1) is 0 Å². The molecule has 1 aromatic rings. The largest absolute Gasteiger partial charge is 0.370 e. The van der Waals surface area contributed by atoms with E-state index in [0.717, 1.165) is 43.4 Å². The second-order valence-electron chi connectivity index (χ2n) is 6.35. The van der Waals surface area contributed by atoms with Gasteiger partial charge in [-0.25, -0.2) is 9.97 Å². The lowest BCUT2D eigenvalue weighted by molar-refractivity contribution is 0.491. The summed E-state index contributed by atoms with van der Waals surface area (Å²) in [5.41, 5.74) is 1.36. The van der Waals surface area contributed by atoms with E-state index in [2.05, 4.69) is 48.3 Å². The Labute approximate surface area is 122 Å². The van der Waals surface area contributed by atoms with Gasteiger partial charge in [-0.1, -0.05) is 20.3 Å². The third-order valence-electron chi connectivity index (χ3n) is 4.03. The van der Waals surface area contributed by atoms with Gasteiger partial charge in [-0.2, -0.15) is 0 Å². The molecule has 4 heteroatoms. The lowest BCUT2D eigenvalue weighted by Crippen LogP contribution is -2.34. The van der Waals surface area contributed by atoms with Gasteiger partial charge in [0.15, 0.2) is 0 Å². The highest BCUT2D eigenvalue weighted by molar-refractivity contribution is 5.58. The molecule has 0 saturated heterocycles. The second kappa shape index (κ2) is 6.42. The molecule has 1 aliphatic carbocycles. The Bertz CT molecular complexity index is 438. The Morgan fingerprint density at radius 1 is 1.15 bits per heavy atom. The summed E-state index contributed by atoms with van der Waals surface area (Å²) in [6.45, 7) is 9.89. The molecule has 2 N–H and O–H groups in total. The van der Waals surface area contributed by atoms with Crippen molar-refractivity contribution in [2.75, 3.05) is 17.2 Å². The standard InChI is InChI=1S/C16H28N4/c1-5-7-13-14(17-10-6-2)18-11-19-15(13)20-16(3,4)12-8-9-12/h11-12H,5-10H2,1-4H3,(H2,17,18,19,20). The summed E-state index contributed by atoms with van der Waals surface area (Å²) in [5, 5.41) is 7.09. The number of aromatic nitrogens is 2. The molecule has 0 spiro atoms. The van der Waals surface area contributed by atoms with Crippen LogP contribution < -0.4 is 10.6 Å². The maximum Gasteiger partial charge on any atom is 0.135 e. The van der Waals surface area contributed by atoms with Gasteiger partial charge in [0.25, 0.3) is 0 Å². The first-order valence-corrected chi connectivity index (χ1v) is 7.94. The number of rotatable bonds is 8. The number of nitrogens with zero attached hydrogens (tertiary/aromatic N) is 2. The van der Waals surface area contributed by atoms with Crippen LogP contribution in [0, 0.1) is 5.92 Å². The molecule has 4 nitrogen and oxygen atoms in total. The SMILES string of the molecule is CCCNc1ncnc(NC(C)(C)C2CC2)c1CCC. The highest BCUT2D eigenvalue weighted by Gasteiger charge is 2.38. The van der Waals surface area contributed by atoms with Crippen LogP contribution in [0.1, 0.15) is 58.9 Å². The van der Waals surface area contributed by atoms with Crippen LogP contribution in [-0.2, 0) is 6.42 Å². The summed E-state index contributed by atoms with van der Waals surface area (Å²) < 4.78 is 0. The Balaban J connectivity index is 2.21. The Hall–Kier alpha value is -1.32. The van der Waals surface area contributed by atoms with Crippen molar-refractivity contribution >= 4 is 11.6 Å². The van der Waals surface area contributed by atoms with E-state index in [1.807, 2.05) is 0 Å². The zero-order valence-corrected chi connectivity index (χ0v) is 13.3. The van der Waals surface area contributed by atoms with Crippen molar-refractivity contribution in [3.8, 4) is 0 Å². The lowest BCUT2D eigenvalue weighted by Gasteiger charge is -2.28. The normalized spacial score (nSPS) is 15.2. The topological polar surface area (TPSA) is 49.8 Å². The van der Waals surface area contributed by atoms with Crippen LogP contribution >= 0.6 is 0 Å². The van der Waals surface area contributed by atoms with Crippen molar-refractivity contribution in [3.05, 3.63) is 11.9 Å². The molecule has 1 aliphatic rings. The second-order valence-corrected chi connectivity index (χ2v) is 6.35. The van der Waals surface area contributed by atoms with Crippen LogP contribution in [0.5, 0.6) is 0 Å². The van der Waals surface area contributed by atoms with Crippen LogP contribution in [0.4, 0.5) is 11.6 Å². The maximum atomic E-state index is 4.50. The Morgan fingerprint density at radius 3 is 2.45 bits per heavy atom. The van der Waals surface area contributed by atoms with Gasteiger partial charge in [-0.3, -0.25) is 0 Å². The van der Waals surface area contributed by atoms with E-state index >= 15 is 0 Å². The molecule has 0 atom stereocenters. The molecule has 0 amide bonds. The molecule has 112 valence electrons. The fraction of sp³-hybridized carbons (Fsp3) is 0.750. The molecular weight excluding hydrogens is 248 g/mol.